The lowest BCUT2D eigenvalue weighted by Gasteiger charge is -2.48. The third-order valence-corrected chi connectivity index (χ3v) is 7.00. The van der Waals surface area contributed by atoms with E-state index < -0.39 is 11.2 Å². The van der Waals surface area contributed by atoms with Gasteiger partial charge in [0.25, 0.3) is 0 Å². The fourth-order valence-corrected chi connectivity index (χ4v) is 5.63. The van der Waals surface area contributed by atoms with Gasteiger partial charge in [0.15, 0.2) is 0 Å². The van der Waals surface area contributed by atoms with E-state index in [1.54, 1.807) is 21.1 Å². The minimum absolute atomic E-state index is 0.00380. The van der Waals surface area contributed by atoms with Crippen LogP contribution >= 0.6 is 0 Å². The fraction of sp³-hybridized carbons (Fsp3) is 0.842. The Morgan fingerprint density at radius 3 is 2.52 bits per heavy atom. The van der Waals surface area contributed by atoms with Crippen LogP contribution < -0.4 is 0 Å². The predicted molar refractivity (Wildman–Crippen MR) is 87.6 cm³/mol. The van der Waals surface area contributed by atoms with Crippen LogP contribution in [-0.2, 0) is 9.47 Å². The number of fused-ring (bicyclic) bond motifs is 3. The molecule has 0 spiro atoms. The Balaban J connectivity index is 2.12. The normalized spacial score (nSPS) is 52.4. The maximum absolute atomic E-state index is 11.8. The van der Waals surface area contributed by atoms with Crippen molar-refractivity contribution >= 4 is 0 Å². The maximum atomic E-state index is 11.8. The molecule has 2 N–H and O–H groups in total. The molecule has 23 heavy (non-hydrogen) atoms. The molecule has 8 atom stereocenters. The second-order valence-electron chi connectivity index (χ2n) is 8.01. The smallest absolute Gasteiger partial charge is 0.141 e. The molecule has 0 aliphatic heterocycles. The van der Waals surface area contributed by atoms with Crippen LogP contribution in [0.15, 0.2) is 17.6 Å². The molecule has 130 valence electrons. The lowest BCUT2D eigenvalue weighted by atomic mass is 9.67. The first kappa shape index (κ1) is 17.0. The number of ether oxygens (including phenoxy) is 2. The summed E-state index contributed by atoms with van der Waals surface area (Å²) in [4.78, 5) is 0. The third kappa shape index (κ3) is 2.16. The zero-order valence-electron chi connectivity index (χ0n) is 14.9. The number of aliphatic hydroxyl groups is 2. The van der Waals surface area contributed by atoms with Gasteiger partial charge in [-0.1, -0.05) is 19.6 Å². The summed E-state index contributed by atoms with van der Waals surface area (Å²) < 4.78 is 11.3. The summed E-state index contributed by atoms with van der Waals surface area (Å²) in [7, 11) is 3.33. The molecule has 0 aromatic carbocycles. The SMILES string of the molecule is COC1=C=CCC2C1C[C@@H](C)[C@](C)(O)C1(O)C2C[C@H](C)[C@@H]1OC. The highest BCUT2D eigenvalue weighted by Gasteiger charge is 2.67. The quantitative estimate of drug-likeness (QED) is 0.767. The van der Waals surface area contributed by atoms with Crippen LogP contribution in [0.5, 0.6) is 0 Å². The second-order valence-corrected chi connectivity index (χ2v) is 8.01. The zero-order valence-corrected chi connectivity index (χ0v) is 14.9. The van der Waals surface area contributed by atoms with Gasteiger partial charge in [-0.25, -0.2) is 0 Å². The summed E-state index contributed by atoms with van der Waals surface area (Å²) in [6, 6.07) is 0. The van der Waals surface area contributed by atoms with Crippen molar-refractivity contribution < 1.29 is 19.7 Å². The number of hydrogen-bond acceptors (Lipinski definition) is 4. The van der Waals surface area contributed by atoms with Crippen LogP contribution in [0, 0.1) is 29.6 Å². The van der Waals surface area contributed by atoms with E-state index in [0.717, 1.165) is 25.0 Å². The van der Waals surface area contributed by atoms with Crippen molar-refractivity contribution in [2.45, 2.75) is 57.3 Å². The first-order chi connectivity index (χ1) is 10.8. The van der Waals surface area contributed by atoms with Crippen LogP contribution in [0.25, 0.3) is 0 Å². The molecular weight excluding hydrogens is 292 g/mol. The van der Waals surface area contributed by atoms with Crippen LogP contribution in [-0.4, -0.2) is 41.7 Å². The van der Waals surface area contributed by atoms with Crippen molar-refractivity contribution in [2.75, 3.05) is 14.2 Å². The van der Waals surface area contributed by atoms with Crippen LogP contribution in [0.1, 0.15) is 40.0 Å². The Morgan fingerprint density at radius 1 is 1.22 bits per heavy atom. The molecule has 3 aliphatic rings. The van der Waals surface area contributed by atoms with Crippen molar-refractivity contribution in [2.24, 2.45) is 29.6 Å². The minimum atomic E-state index is -1.23. The first-order valence-electron chi connectivity index (χ1n) is 8.75. The average Bonchev–Trinajstić information content (AvgIpc) is 2.76. The average molecular weight is 322 g/mol. The molecule has 0 heterocycles. The molecule has 0 saturated heterocycles. The monoisotopic (exact) mass is 322 g/mol. The van der Waals surface area contributed by atoms with Crippen LogP contribution in [0.2, 0.25) is 0 Å². The molecule has 2 saturated carbocycles. The fourth-order valence-electron chi connectivity index (χ4n) is 5.63. The van der Waals surface area contributed by atoms with Crippen molar-refractivity contribution in [3.63, 3.8) is 0 Å². The van der Waals surface area contributed by atoms with E-state index >= 15 is 0 Å². The van der Waals surface area contributed by atoms with Gasteiger partial charge in [-0.05, 0) is 55.9 Å². The Kier molecular flexibility index (Phi) is 4.17. The number of allylic oxidation sites excluding steroid dienone is 1. The van der Waals surface area contributed by atoms with Crippen molar-refractivity contribution in [3.8, 4) is 0 Å². The molecule has 0 bridgehead atoms. The molecule has 4 heteroatoms. The second kappa shape index (κ2) is 5.63. The van der Waals surface area contributed by atoms with Gasteiger partial charge in [-0.3, -0.25) is 0 Å². The summed E-state index contributed by atoms with van der Waals surface area (Å²) in [5.74, 6) is 1.48. The van der Waals surface area contributed by atoms with Gasteiger partial charge in [0, 0.05) is 13.0 Å². The highest BCUT2D eigenvalue weighted by molar-refractivity contribution is 5.21. The summed E-state index contributed by atoms with van der Waals surface area (Å²) >= 11 is 0. The van der Waals surface area contributed by atoms with Gasteiger partial charge < -0.3 is 19.7 Å². The topological polar surface area (TPSA) is 58.9 Å². The van der Waals surface area contributed by atoms with Gasteiger partial charge in [0.05, 0.1) is 18.8 Å². The van der Waals surface area contributed by atoms with Gasteiger partial charge in [0.2, 0.25) is 0 Å². The Hall–Kier alpha value is -0.800. The molecule has 4 nitrogen and oxygen atoms in total. The highest BCUT2D eigenvalue weighted by Crippen LogP contribution is 2.59. The van der Waals surface area contributed by atoms with Crippen molar-refractivity contribution in [1.82, 2.24) is 0 Å². The molecule has 3 aliphatic carbocycles. The minimum Gasteiger partial charge on any atom is -0.493 e. The summed E-state index contributed by atoms with van der Waals surface area (Å²) in [6.45, 7) is 5.93. The molecular formula is C19H30O4. The lowest BCUT2D eigenvalue weighted by molar-refractivity contribution is -0.230. The predicted octanol–water partition coefficient (Wildman–Crippen LogP) is 2.50. The molecule has 0 amide bonds. The van der Waals surface area contributed by atoms with Gasteiger partial charge in [-0.15, -0.1) is 0 Å². The number of hydrogen-bond donors (Lipinski definition) is 2. The molecule has 0 aromatic rings. The Morgan fingerprint density at radius 2 is 1.91 bits per heavy atom. The van der Waals surface area contributed by atoms with E-state index in [0.29, 0.717) is 0 Å². The molecule has 4 unspecified atom stereocenters. The van der Waals surface area contributed by atoms with E-state index in [4.69, 9.17) is 9.47 Å². The summed E-state index contributed by atoms with van der Waals surface area (Å²) in [5.41, 5.74) is 0.820. The van der Waals surface area contributed by atoms with E-state index in [-0.39, 0.29) is 35.7 Å². The molecule has 0 aromatic heterocycles. The Bertz CT molecular complexity index is 533. The third-order valence-electron chi connectivity index (χ3n) is 7.00. The standard InChI is InChI=1S/C19H30O4/c1-11-9-15-13-7-6-8-16(22-4)14(13)10-12(2)18(3,20)19(15,21)17(11)23-5/h6,11-15,17,20-21H,7,9-10H2,1-5H3/t11-,12+,13?,14?,15?,17-,18-,19?/m0/s1. The highest BCUT2D eigenvalue weighted by atomic mass is 16.5. The first-order valence-corrected chi connectivity index (χ1v) is 8.75. The molecule has 0 radical (unpaired) electrons. The largest absolute Gasteiger partial charge is 0.493 e. The van der Waals surface area contributed by atoms with Crippen LogP contribution in [0.4, 0.5) is 0 Å². The lowest BCUT2D eigenvalue weighted by Crippen LogP contribution is -2.64. The van der Waals surface area contributed by atoms with Crippen LogP contribution in [0.3, 0.4) is 0 Å². The molecule has 3 rings (SSSR count). The maximum Gasteiger partial charge on any atom is 0.141 e. The number of rotatable bonds is 2. The number of methoxy groups -OCH3 is 2. The van der Waals surface area contributed by atoms with Gasteiger partial charge >= 0.3 is 0 Å². The van der Waals surface area contributed by atoms with E-state index in [9.17, 15) is 10.2 Å². The van der Waals surface area contributed by atoms with Gasteiger partial charge in [-0.2, -0.15) is 0 Å². The van der Waals surface area contributed by atoms with Gasteiger partial charge in [0.1, 0.15) is 11.4 Å². The summed E-state index contributed by atoms with van der Waals surface area (Å²) in [5, 5.41) is 23.1. The van der Waals surface area contributed by atoms with E-state index in [2.05, 4.69) is 12.7 Å². The summed E-state index contributed by atoms with van der Waals surface area (Å²) in [6.07, 6.45) is 4.21. The van der Waals surface area contributed by atoms with E-state index in [1.807, 2.05) is 13.0 Å². The van der Waals surface area contributed by atoms with E-state index in [1.165, 1.54) is 0 Å². The van der Waals surface area contributed by atoms with Crippen molar-refractivity contribution in [3.05, 3.63) is 17.6 Å². The zero-order chi connectivity index (χ0) is 17.0. The van der Waals surface area contributed by atoms with Crippen molar-refractivity contribution in [1.29, 1.82) is 0 Å². The molecule has 2 fully saturated rings. The Labute approximate surface area is 139 Å².